The number of hydrogen-bond acceptors (Lipinski definition) is 3. The number of halogens is 2. The Morgan fingerprint density at radius 1 is 1.47 bits per heavy atom. The first kappa shape index (κ1) is 14.9. The molecular weight excluding hydrogens is 333 g/mol. The maximum atomic E-state index is 13.8. The Morgan fingerprint density at radius 3 is 2.74 bits per heavy atom. The van der Waals surface area contributed by atoms with Crippen LogP contribution in [-0.2, 0) is 16.3 Å². The van der Waals surface area contributed by atoms with E-state index in [1.165, 1.54) is 6.07 Å². The SMILES string of the molecule is NCC(Cc1ccc(Br)cc1F)C1CCS(=O)(=O)C1. The van der Waals surface area contributed by atoms with Crippen LogP contribution in [0.15, 0.2) is 22.7 Å². The quantitative estimate of drug-likeness (QED) is 0.905. The van der Waals surface area contributed by atoms with E-state index < -0.39 is 9.84 Å². The van der Waals surface area contributed by atoms with Gasteiger partial charge >= 0.3 is 0 Å². The van der Waals surface area contributed by atoms with Crippen molar-refractivity contribution >= 4 is 25.8 Å². The molecule has 6 heteroatoms. The predicted octanol–water partition coefficient (Wildman–Crippen LogP) is 2.14. The van der Waals surface area contributed by atoms with Crippen molar-refractivity contribution in [3.63, 3.8) is 0 Å². The Morgan fingerprint density at radius 2 is 2.21 bits per heavy atom. The zero-order chi connectivity index (χ0) is 14.0. The molecule has 0 aromatic heterocycles. The van der Waals surface area contributed by atoms with E-state index >= 15 is 0 Å². The molecule has 1 fully saturated rings. The maximum absolute atomic E-state index is 13.8. The third kappa shape index (κ3) is 3.77. The van der Waals surface area contributed by atoms with Crippen molar-refractivity contribution in [2.45, 2.75) is 12.8 Å². The van der Waals surface area contributed by atoms with E-state index in [4.69, 9.17) is 5.73 Å². The Labute approximate surface area is 121 Å². The zero-order valence-corrected chi connectivity index (χ0v) is 12.9. The zero-order valence-electron chi connectivity index (χ0n) is 10.5. The van der Waals surface area contributed by atoms with Gasteiger partial charge in [-0.3, -0.25) is 0 Å². The molecule has 2 atom stereocenters. The monoisotopic (exact) mass is 349 g/mol. The minimum atomic E-state index is -2.92. The number of rotatable bonds is 4. The van der Waals surface area contributed by atoms with Crippen LogP contribution in [0.5, 0.6) is 0 Å². The molecule has 106 valence electrons. The molecule has 1 aliphatic rings. The van der Waals surface area contributed by atoms with E-state index in [0.717, 1.165) is 0 Å². The number of nitrogens with two attached hydrogens (primary N) is 1. The van der Waals surface area contributed by atoms with Gasteiger partial charge in [0.15, 0.2) is 9.84 Å². The highest BCUT2D eigenvalue weighted by Gasteiger charge is 2.33. The van der Waals surface area contributed by atoms with Crippen molar-refractivity contribution in [3.8, 4) is 0 Å². The van der Waals surface area contributed by atoms with Crippen LogP contribution in [0, 0.1) is 17.7 Å². The molecule has 1 saturated heterocycles. The van der Waals surface area contributed by atoms with Gasteiger partial charge in [0.25, 0.3) is 0 Å². The first-order valence-corrected chi connectivity index (χ1v) is 8.87. The Balaban J connectivity index is 2.11. The fourth-order valence-electron chi connectivity index (χ4n) is 2.61. The van der Waals surface area contributed by atoms with Crippen LogP contribution in [0.4, 0.5) is 4.39 Å². The summed E-state index contributed by atoms with van der Waals surface area (Å²) in [7, 11) is -2.92. The van der Waals surface area contributed by atoms with Gasteiger partial charge in [0.05, 0.1) is 11.5 Å². The standard InChI is InChI=1S/C13H17BrFNO2S/c14-12-2-1-9(13(15)6-12)5-11(7-16)10-3-4-19(17,18)8-10/h1-2,6,10-11H,3-5,7-8,16H2. The van der Waals surface area contributed by atoms with Gasteiger partial charge in [-0.2, -0.15) is 0 Å². The summed E-state index contributed by atoms with van der Waals surface area (Å²) in [6.45, 7) is 0.385. The highest BCUT2D eigenvalue weighted by Crippen LogP contribution is 2.29. The van der Waals surface area contributed by atoms with E-state index in [0.29, 0.717) is 29.4 Å². The number of sulfone groups is 1. The summed E-state index contributed by atoms with van der Waals surface area (Å²) in [6, 6.07) is 4.94. The molecule has 2 rings (SSSR count). The second-order valence-corrected chi connectivity index (χ2v) is 8.24. The lowest BCUT2D eigenvalue weighted by atomic mass is 9.86. The first-order valence-electron chi connectivity index (χ1n) is 6.25. The highest BCUT2D eigenvalue weighted by molar-refractivity contribution is 9.10. The molecule has 2 N–H and O–H groups in total. The highest BCUT2D eigenvalue weighted by atomic mass is 79.9. The molecule has 1 aromatic carbocycles. The van der Waals surface area contributed by atoms with Crippen LogP contribution in [0.2, 0.25) is 0 Å². The molecule has 0 spiro atoms. The van der Waals surface area contributed by atoms with Gasteiger partial charge in [-0.1, -0.05) is 22.0 Å². The molecule has 1 aromatic rings. The Hall–Kier alpha value is -0.460. The molecule has 1 aliphatic heterocycles. The van der Waals surface area contributed by atoms with E-state index in [9.17, 15) is 12.8 Å². The molecule has 0 saturated carbocycles. The fraction of sp³-hybridized carbons (Fsp3) is 0.538. The summed E-state index contributed by atoms with van der Waals surface area (Å²) in [4.78, 5) is 0. The smallest absolute Gasteiger partial charge is 0.150 e. The molecular formula is C13H17BrFNO2S. The largest absolute Gasteiger partial charge is 0.330 e. The lowest BCUT2D eigenvalue weighted by Gasteiger charge is -2.21. The van der Waals surface area contributed by atoms with Crippen molar-refractivity contribution in [1.82, 2.24) is 0 Å². The summed E-state index contributed by atoms with van der Waals surface area (Å²) < 4.78 is 37.5. The molecule has 19 heavy (non-hydrogen) atoms. The Kier molecular flexibility index (Phi) is 4.63. The van der Waals surface area contributed by atoms with Crippen molar-refractivity contribution in [1.29, 1.82) is 0 Å². The van der Waals surface area contributed by atoms with Crippen LogP contribution in [0.25, 0.3) is 0 Å². The summed E-state index contributed by atoms with van der Waals surface area (Å²) in [5.41, 5.74) is 6.34. The number of benzene rings is 1. The molecule has 0 bridgehead atoms. The molecule has 0 aliphatic carbocycles. The van der Waals surface area contributed by atoms with Crippen molar-refractivity contribution < 1.29 is 12.8 Å². The summed E-state index contributed by atoms with van der Waals surface area (Å²) in [5, 5.41) is 0. The molecule has 0 radical (unpaired) electrons. The average Bonchev–Trinajstić information content (AvgIpc) is 2.69. The van der Waals surface area contributed by atoms with Gasteiger partial charge in [-0.15, -0.1) is 0 Å². The van der Waals surface area contributed by atoms with Gasteiger partial charge < -0.3 is 5.73 Å². The van der Waals surface area contributed by atoms with E-state index in [1.54, 1.807) is 12.1 Å². The normalized spacial score (nSPS) is 23.4. The lowest BCUT2D eigenvalue weighted by Crippen LogP contribution is -2.26. The average molecular weight is 350 g/mol. The lowest BCUT2D eigenvalue weighted by molar-refractivity contribution is 0.366. The predicted molar refractivity (Wildman–Crippen MR) is 77.1 cm³/mol. The van der Waals surface area contributed by atoms with Crippen LogP contribution in [-0.4, -0.2) is 26.5 Å². The van der Waals surface area contributed by atoms with Crippen molar-refractivity contribution in [2.75, 3.05) is 18.1 Å². The van der Waals surface area contributed by atoms with Gasteiger partial charge in [0, 0.05) is 4.47 Å². The van der Waals surface area contributed by atoms with Crippen LogP contribution in [0.3, 0.4) is 0 Å². The van der Waals surface area contributed by atoms with Gasteiger partial charge in [0.2, 0.25) is 0 Å². The minimum Gasteiger partial charge on any atom is -0.330 e. The van der Waals surface area contributed by atoms with Gasteiger partial charge in [0.1, 0.15) is 5.82 Å². The molecule has 0 amide bonds. The second kappa shape index (κ2) is 5.89. The topological polar surface area (TPSA) is 60.2 Å². The van der Waals surface area contributed by atoms with E-state index in [1.807, 2.05) is 0 Å². The maximum Gasteiger partial charge on any atom is 0.150 e. The molecule has 3 nitrogen and oxygen atoms in total. The van der Waals surface area contributed by atoms with E-state index in [2.05, 4.69) is 15.9 Å². The number of hydrogen-bond donors (Lipinski definition) is 1. The summed E-state index contributed by atoms with van der Waals surface area (Å²) in [6.07, 6.45) is 1.14. The fourth-order valence-corrected chi connectivity index (χ4v) is 4.86. The molecule has 2 unspecified atom stereocenters. The summed E-state index contributed by atoms with van der Waals surface area (Å²) >= 11 is 3.22. The third-order valence-corrected chi connectivity index (χ3v) is 6.02. The van der Waals surface area contributed by atoms with Crippen molar-refractivity contribution in [3.05, 3.63) is 34.1 Å². The Bertz CT molecular complexity index is 562. The van der Waals surface area contributed by atoms with E-state index in [-0.39, 0.29) is 29.2 Å². The molecule has 1 heterocycles. The first-order chi connectivity index (χ1) is 8.91. The van der Waals surface area contributed by atoms with Crippen molar-refractivity contribution in [2.24, 2.45) is 17.6 Å². The summed E-state index contributed by atoms with van der Waals surface area (Å²) in [5.74, 6) is 0.226. The van der Waals surface area contributed by atoms with Gasteiger partial charge in [-0.05, 0) is 48.9 Å². The minimum absolute atomic E-state index is 0.0213. The van der Waals surface area contributed by atoms with Gasteiger partial charge in [-0.25, -0.2) is 12.8 Å². The second-order valence-electron chi connectivity index (χ2n) is 5.10. The van der Waals surface area contributed by atoms with Crippen LogP contribution >= 0.6 is 15.9 Å². The van der Waals surface area contributed by atoms with Crippen LogP contribution in [0.1, 0.15) is 12.0 Å². The van der Waals surface area contributed by atoms with Crippen LogP contribution < -0.4 is 5.73 Å². The third-order valence-electron chi connectivity index (χ3n) is 3.73.